The molecule has 0 atom stereocenters. The number of carbonyl (C=O) groups excluding carboxylic acids is 2. The number of amides is 2. The van der Waals surface area contributed by atoms with Crippen molar-refractivity contribution >= 4 is 17.6 Å². The number of piperazine rings is 1. The van der Waals surface area contributed by atoms with Crippen molar-refractivity contribution in [2.75, 3.05) is 38.0 Å². The van der Waals surface area contributed by atoms with Crippen LogP contribution in [0.3, 0.4) is 0 Å². The average Bonchev–Trinajstić information content (AvgIpc) is 2.91. The van der Waals surface area contributed by atoms with Gasteiger partial charge in [0, 0.05) is 51.6 Å². The van der Waals surface area contributed by atoms with Crippen molar-refractivity contribution in [3.8, 4) is 0 Å². The van der Waals surface area contributed by atoms with Crippen LogP contribution in [0.25, 0.3) is 0 Å². The van der Waals surface area contributed by atoms with Gasteiger partial charge in [-0.15, -0.1) is 0 Å². The maximum absolute atomic E-state index is 11.8. The van der Waals surface area contributed by atoms with Crippen molar-refractivity contribution in [2.24, 2.45) is 0 Å². The minimum atomic E-state index is -0.0715. The summed E-state index contributed by atoms with van der Waals surface area (Å²) < 4.78 is 4.90. The van der Waals surface area contributed by atoms with Crippen LogP contribution in [0.4, 0.5) is 5.82 Å². The van der Waals surface area contributed by atoms with E-state index in [1.807, 2.05) is 11.8 Å². The lowest BCUT2D eigenvalue weighted by Crippen LogP contribution is -2.49. The van der Waals surface area contributed by atoms with E-state index in [9.17, 15) is 9.59 Å². The van der Waals surface area contributed by atoms with Gasteiger partial charge in [0.05, 0.1) is 0 Å². The van der Waals surface area contributed by atoms with Gasteiger partial charge < -0.3 is 14.7 Å². The number of carbonyl (C=O) groups is 2. The van der Waals surface area contributed by atoms with Gasteiger partial charge in [0.1, 0.15) is 5.76 Å². The second kappa shape index (κ2) is 7.93. The molecule has 1 aromatic rings. The van der Waals surface area contributed by atoms with Crippen LogP contribution in [0.15, 0.2) is 10.6 Å². The molecular formula is C15H24N4O3. The molecule has 1 fully saturated rings. The molecule has 1 aliphatic heterocycles. The second-order valence-electron chi connectivity index (χ2n) is 5.59. The van der Waals surface area contributed by atoms with Gasteiger partial charge in [0.2, 0.25) is 11.8 Å². The van der Waals surface area contributed by atoms with Gasteiger partial charge in [-0.3, -0.25) is 14.5 Å². The van der Waals surface area contributed by atoms with E-state index in [2.05, 4.69) is 15.4 Å². The first-order valence-electron chi connectivity index (χ1n) is 7.81. The monoisotopic (exact) mass is 308 g/mol. The lowest BCUT2D eigenvalue weighted by Gasteiger charge is -2.34. The summed E-state index contributed by atoms with van der Waals surface area (Å²) >= 11 is 0. The quantitative estimate of drug-likeness (QED) is 0.856. The van der Waals surface area contributed by atoms with Gasteiger partial charge in [-0.25, -0.2) is 0 Å². The van der Waals surface area contributed by atoms with Crippen molar-refractivity contribution in [1.82, 2.24) is 15.0 Å². The van der Waals surface area contributed by atoms with Crippen molar-refractivity contribution in [1.29, 1.82) is 0 Å². The number of hydrogen-bond donors (Lipinski definition) is 1. The van der Waals surface area contributed by atoms with Crippen LogP contribution in [0.2, 0.25) is 0 Å². The normalized spacial score (nSPS) is 15.8. The summed E-state index contributed by atoms with van der Waals surface area (Å²) in [4.78, 5) is 27.8. The zero-order valence-electron chi connectivity index (χ0n) is 13.3. The minimum Gasteiger partial charge on any atom is -0.360 e. The number of nitrogens with zero attached hydrogens (tertiary/aromatic N) is 3. The molecule has 0 radical (unpaired) electrons. The van der Waals surface area contributed by atoms with Gasteiger partial charge in [-0.05, 0) is 13.3 Å². The fourth-order valence-electron chi connectivity index (χ4n) is 2.48. The van der Waals surface area contributed by atoms with Crippen LogP contribution in [0, 0.1) is 6.92 Å². The molecule has 0 unspecified atom stereocenters. The molecule has 7 nitrogen and oxygen atoms in total. The fraction of sp³-hybridized carbons (Fsp3) is 0.667. The second-order valence-corrected chi connectivity index (χ2v) is 5.59. The Kier molecular flexibility index (Phi) is 5.94. The van der Waals surface area contributed by atoms with Crippen LogP contribution in [-0.2, 0) is 9.59 Å². The van der Waals surface area contributed by atoms with E-state index < -0.39 is 0 Å². The summed E-state index contributed by atoms with van der Waals surface area (Å²) in [7, 11) is 0. The lowest BCUT2D eigenvalue weighted by atomic mass is 10.2. The summed E-state index contributed by atoms with van der Waals surface area (Å²) in [5, 5.41) is 6.44. The number of anilines is 1. The SMILES string of the molecule is CCCC(=O)N1CCN(CCC(=O)Nc2cc(C)on2)CC1. The summed E-state index contributed by atoms with van der Waals surface area (Å²) in [6.07, 6.45) is 1.93. The summed E-state index contributed by atoms with van der Waals surface area (Å²) in [6.45, 7) is 7.65. The number of aryl methyl sites for hydroxylation is 1. The third kappa shape index (κ3) is 4.84. The Balaban J connectivity index is 1.66. The molecule has 2 amide bonds. The predicted octanol–water partition coefficient (Wildman–Crippen LogP) is 1.26. The Morgan fingerprint density at radius 3 is 2.59 bits per heavy atom. The average molecular weight is 308 g/mol. The molecule has 0 bridgehead atoms. The molecule has 0 spiro atoms. The number of rotatable bonds is 6. The molecule has 0 aliphatic carbocycles. The van der Waals surface area contributed by atoms with Crippen LogP contribution >= 0.6 is 0 Å². The van der Waals surface area contributed by atoms with Crippen LogP contribution < -0.4 is 5.32 Å². The molecule has 7 heteroatoms. The van der Waals surface area contributed by atoms with Crippen molar-refractivity contribution < 1.29 is 14.1 Å². The molecule has 2 heterocycles. The number of aromatic nitrogens is 1. The maximum Gasteiger partial charge on any atom is 0.226 e. The molecule has 1 N–H and O–H groups in total. The maximum atomic E-state index is 11.8. The van der Waals surface area contributed by atoms with Crippen molar-refractivity contribution in [3.63, 3.8) is 0 Å². The van der Waals surface area contributed by atoms with E-state index in [0.29, 0.717) is 31.0 Å². The number of nitrogens with one attached hydrogen (secondary N) is 1. The molecule has 1 aliphatic rings. The third-order valence-corrected chi connectivity index (χ3v) is 3.74. The third-order valence-electron chi connectivity index (χ3n) is 3.74. The Morgan fingerprint density at radius 2 is 2.00 bits per heavy atom. The number of hydrogen-bond acceptors (Lipinski definition) is 5. The van der Waals surface area contributed by atoms with Crippen LogP contribution in [0.5, 0.6) is 0 Å². The van der Waals surface area contributed by atoms with Crippen LogP contribution in [0.1, 0.15) is 31.9 Å². The van der Waals surface area contributed by atoms with Gasteiger partial charge in [0.25, 0.3) is 0 Å². The lowest BCUT2D eigenvalue weighted by molar-refractivity contribution is -0.133. The molecule has 0 aromatic carbocycles. The first kappa shape index (κ1) is 16.5. The summed E-state index contributed by atoms with van der Waals surface area (Å²) in [5.74, 6) is 1.29. The van der Waals surface area contributed by atoms with Gasteiger partial charge >= 0.3 is 0 Å². The summed E-state index contributed by atoms with van der Waals surface area (Å²) in [5.41, 5.74) is 0. The van der Waals surface area contributed by atoms with E-state index in [1.54, 1.807) is 13.0 Å². The Labute approximate surface area is 130 Å². The summed E-state index contributed by atoms with van der Waals surface area (Å²) in [6, 6.07) is 1.69. The fourth-order valence-corrected chi connectivity index (χ4v) is 2.48. The van der Waals surface area contributed by atoms with Crippen molar-refractivity contribution in [3.05, 3.63) is 11.8 Å². The largest absolute Gasteiger partial charge is 0.360 e. The zero-order chi connectivity index (χ0) is 15.9. The highest BCUT2D eigenvalue weighted by Gasteiger charge is 2.20. The first-order chi connectivity index (χ1) is 10.6. The van der Waals surface area contributed by atoms with E-state index in [0.717, 1.165) is 32.6 Å². The van der Waals surface area contributed by atoms with Gasteiger partial charge in [0.15, 0.2) is 5.82 Å². The van der Waals surface area contributed by atoms with E-state index >= 15 is 0 Å². The molecule has 2 rings (SSSR count). The van der Waals surface area contributed by atoms with E-state index in [1.165, 1.54) is 0 Å². The predicted molar refractivity (Wildman–Crippen MR) is 82.4 cm³/mol. The van der Waals surface area contributed by atoms with Gasteiger partial charge in [-0.2, -0.15) is 0 Å². The van der Waals surface area contributed by atoms with E-state index in [4.69, 9.17) is 4.52 Å². The van der Waals surface area contributed by atoms with Gasteiger partial charge in [-0.1, -0.05) is 12.1 Å². The highest BCUT2D eigenvalue weighted by molar-refractivity contribution is 5.89. The Morgan fingerprint density at radius 1 is 1.27 bits per heavy atom. The van der Waals surface area contributed by atoms with E-state index in [-0.39, 0.29) is 11.8 Å². The highest BCUT2D eigenvalue weighted by Crippen LogP contribution is 2.09. The molecule has 1 saturated heterocycles. The van der Waals surface area contributed by atoms with Crippen LogP contribution in [-0.4, -0.2) is 59.5 Å². The minimum absolute atomic E-state index is 0.0715. The first-order valence-corrected chi connectivity index (χ1v) is 7.81. The molecular weight excluding hydrogens is 284 g/mol. The topological polar surface area (TPSA) is 78.7 Å². The molecule has 0 saturated carbocycles. The Bertz CT molecular complexity index is 507. The molecule has 122 valence electrons. The molecule has 1 aromatic heterocycles. The van der Waals surface area contributed by atoms with Crippen molar-refractivity contribution in [2.45, 2.75) is 33.1 Å². The standard InChI is InChI=1S/C15H24N4O3/c1-3-4-15(21)19-9-7-18(8-10-19)6-5-14(20)16-13-11-12(2)22-17-13/h11H,3-10H2,1-2H3,(H,16,17,20). The zero-order valence-corrected chi connectivity index (χ0v) is 13.3. The molecule has 22 heavy (non-hydrogen) atoms. The smallest absolute Gasteiger partial charge is 0.226 e. The Hall–Kier alpha value is -1.89. The highest BCUT2D eigenvalue weighted by atomic mass is 16.5.